The lowest BCUT2D eigenvalue weighted by atomic mass is 10.0. The van der Waals surface area contributed by atoms with Crippen LogP contribution in [0.25, 0.3) is 0 Å². The number of benzene rings is 2. The van der Waals surface area contributed by atoms with E-state index in [-0.39, 0.29) is 24.0 Å². The van der Waals surface area contributed by atoms with Crippen LogP contribution in [0.1, 0.15) is 36.5 Å². The van der Waals surface area contributed by atoms with E-state index in [0.29, 0.717) is 31.6 Å². The van der Waals surface area contributed by atoms with Gasteiger partial charge in [-0.15, -0.1) is 24.0 Å². The van der Waals surface area contributed by atoms with Gasteiger partial charge in [-0.1, -0.05) is 38.1 Å². The third kappa shape index (κ3) is 7.76. The predicted octanol–water partition coefficient (Wildman–Crippen LogP) is 4.69. The number of nitrogens with zero attached hydrogens (tertiary/aromatic N) is 1. The number of hydrogen-bond donors (Lipinski definition) is 2. The summed E-state index contributed by atoms with van der Waals surface area (Å²) in [4.78, 5) is 4.45. The molecule has 2 aromatic carbocycles. The first-order valence-corrected chi connectivity index (χ1v) is 8.87. The van der Waals surface area contributed by atoms with Gasteiger partial charge in [-0.2, -0.15) is 0 Å². The van der Waals surface area contributed by atoms with Gasteiger partial charge < -0.3 is 20.5 Å². The average molecular weight is 483 g/mol. The highest BCUT2D eigenvalue weighted by molar-refractivity contribution is 14.0. The number of aryl methyl sites for hydroxylation is 1. The van der Waals surface area contributed by atoms with Gasteiger partial charge >= 0.3 is 0 Å². The average Bonchev–Trinajstić information content (AvgIpc) is 2.61. The Balaban J connectivity index is 0.00000364. The fourth-order valence-electron chi connectivity index (χ4n) is 2.50. The smallest absolute Gasteiger partial charge is 0.193 e. The number of nitrogens with two attached hydrogens (primary N) is 1. The van der Waals surface area contributed by atoms with Crippen LogP contribution >= 0.6 is 24.0 Å². The van der Waals surface area contributed by atoms with Gasteiger partial charge in [0.1, 0.15) is 12.4 Å². The second kappa shape index (κ2) is 11.8. The molecule has 0 amide bonds. The van der Waals surface area contributed by atoms with E-state index >= 15 is 0 Å². The Bertz CT molecular complexity index is 748. The minimum absolute atomic E-state index is 0. The molecule has 0 fully saturated rings. The van der Waals surface area contributed by atoms with E-state index < -0.39 is 0 Å². The molecule has 0 saturated heterocycles. The van der Waals surface area contributed by atoms with Gasteiger partial charge in [0.05, 0.1) is 13.2 Å². The van der Waals surface area contributed by atoms with E-state index in [0.717, 1.165) is 22.6 Å². The van der Waals surface area contributed by atoms with Crippen molar-refractivity contribution in [3.63, 3.8) is 0 Å². The second-order valence-corrected chi connectivity index (χ2v) is 6.56. The lowest BCUT2D eigenvalue weighted by molar-refractivity contribution is 0.146. The Morgan fingerprint density at radius 2 is 1.93 bits per heavy atom. The molecule has 0 aliphatic heterocycles. The summed E-state index contributed by atoms with van der Waals surface area (Å²) in [6, 6.07) is 14.3. The summed E-state index contributed by atoms with van der Waals surface area (Å²) in [6.45, 7) is 7.87. The minimum atomic E-state index is 0. The molecule has 148 valence electrons. The van der Waals surface area contributed by atoms with Crippen molar-refractivity contribution in [2.45, 2.75) is 33.2 Å². The molecule has 0 radical (unpaired) electrons. The van der Waals surface area contributed by atoms with Crippen molar-refractivity contribution in [2.75, 3.05) is 25.6 Å². The van der Waals surface area contributed by atoms with E-state index in [4.69, 9.17) is 15.2 Å². The van der Waals surface area contributed by atoms with Gasteiger partial charge in [-0.25, -0.2) is 4.99 Å². The van der Waals surface area contributed by atoms with Crippen LogP contribution in [0.5, 0.6) is 5.75 Å². The molecule has 6 heteroatoms. The lowest BCUT2D eigenvalue weighted by Crippen LogP contribution is -2.22. The number of rotatable bonds is 8. The van der Waals surface area contributed by atoms with Crippen LogP contribution in [0.3, 0.4) is 0 Å². The van der Waals surface area contributed by atoms with Crippen molar-refractivity contribution in [1.29, 1.82) is 0 Å². The molecule has 3 N–H and O–H groups in total. The van der Waals surface area contributed by atoms with Crippen molar-refractivity contribution in [2.24, 2.45) is 10.7 Å². The summed E-state index contributed by atoms with van der Waals surface area (Å²) in [5.41, 5.74) is 10.4. The molecule has 0 spiro atoms. The fraction of sp³-hybridized carbons (Fsp3) is 0.381. The number of guanidine groups is 1. The fourth-order valence-corrected chi connectivity index (χ4v) is 2.50. The Labute approximate surface area is 179 Å². The first kappa shape index (κ1) is 23.2. The largest absolute Gasteiger partial charge is 0.491 e. The Hall–Kier alpha value is -1.80. The van der Waals surface area contributed by atoms with Crippen LogP contribution in [0.15, 0.2) is 47.5 Å². The lowest BCUT2D eigenvalue weighted by Gasteiger charge is -2.12. The molecule has 0 aliphatic rings. The number of nitrogens with one attached hydrogen (secondary N) is 1. The van der Waals surface area contributed by atoms with Crippen LogP contribution in [-0.4, -0.2) is 26.3 Å². The van der Waals surface area contributed by atoms with E-state index in [9.17, 15) is 0 Å². The predicted molar refractivity (Wildman–Crippen MR) is 123 cm³/mol. The second-order valence-electron chi connectivity index (χ2n) is 6.56. The molecule has 0 aliphatic carbocycles. The van der Waals surface area contributed by atoms with Gasteiger partial charge in [0.15, 0.2) is 5.96 Å². The van der Waals surface area contributed by atoms with Crippen LogP contribution in [0, 0.1) is 6.92 Å². The Morgan fingerprint density at radius 1 is 1.15 bits per heavy atom. The van der Waals surface area contributed by atoms with Crippen LogP contribution in [-0.2, 0) is 11.3 Å². The quantitative estimate of drug-likeness (QED) is 0.248. The molecule has 0 saturated carbocycles. The molecule has 27 heavy (non-hydrogen) atoms. The first-order valence-electron chi connectivity index (χ1n) is 8.87. The molecule has 2 rings (SSSR count). The SMILES string of the molecule is COCCOc1cc(C)ccc1CN=C(N)Nc1cccc(C(C)C)c1.I. The maximum absolute atomic E-state index is 6.06. The molecule has 2 aromatic rings. The van der Waals surface area contributed by atoms with Gasteiger partial charge in [-0.3, -0.25) is 0 Å². The highest BCUT2D eigenvalue weighted by Crippen LogP contribution is 2.22. The Morgan fingerprint density at radius 3 is 2.63 bits per heavy atom. The Kier molecular flexibility index (Phi) is 10.2. The molecule has 5 nitrogen and oxygen atoms in total. The van der Waals surface area contributed by atoms with E-state index in [1.807, 2.05) is 37.3 Å². The number of aliphatic imine (C=N–C) groups is 1. The van der Waals surface area contributed by atoms with Crippen molar-refractivity contribution >= 4 is 35.6 Å². The van der Waals surface area contributed by atoms with Crippen LogP contribution in [0.4, 0.5) is 5.69 Å². The number of methoxy groups -OCH3 is 1. The zero-order valence-electron chi connectivity index (χ0n) is 16.5. The summed E-state index contributed by atoms with van der Waals surface area (Å²) in [5, 5.41) is 3.16. The normalized spacial score (nSPS) is 11.2. The summed E-state index contributed by atoms with van der Waals surface area (Å²) in [6.07, 6.45) is 0. The van der Waals surface area contributed by atoms with Crippen molar-refractivity contribution in [3.8, 4) is 5.75 Å². The number of halogens is 1. The maximum atomic E-state index is 6.06. The number of ether oxygens (including phenoxy) is 2. The molecule has 0 bridgehead atoms. The van der Waals surface area contributed by atoms with E-state index in [1.165, 1.54) is 5.56 Å². The van der Waals surface area contributed by atoms with Gasteiger partial charge in [0.25, 0.3) is 0 Å². The topological polar surface area (TPSA) is 68.9 Å². The highest BCUT2D eigenvalue weighted by Gasteiger charge is 2.05. The summed E-state index contributed by atoms with van der Waals surface area (Å²) in [7, 11) is 1.66. The van der Waals surface area contributed by atoms with Gasteiger partial charge in [0.2, 0.25) is 0 Å². The van der Waals surface area contributed by atoms with Crippen LogP contribution in [0.2, 0.25) is 0 Å². The standard InChI is InChI=1S/C21H29N3O2.HI/c1-15(2)17-6-5-7-19(13-17)24-21(22)23-14-18-9-8-16(3)12-20(18)26-11-10-25-4;/h5-9,12-13,15H,10-11,14H2,1-4H3,(H3,22,23,24);1H. The van der Waals surface area contributed by atoms with Crippen molar-refractivity contribution in [1.82, 2.24) is 0 Å². The molecular weight excluding hydrogens is 453 g/mol. The monoisotopic (exact) mass is 483 g/mol. The maximum Gasteiger partial charge on any atom is 0.193 e. The summed E-state index contributed by atoms with van der Waals surface area (Å²) in [5.74, 6) is 1.67. The zero-order valence-corrected chi connectivity index (χ0v) is 18.8. The number of hydrogen-bond acceptors (Lipinski definition) is 3. The third-order valence-electron chi connectivity index (χ3n) is 4.01. The summed E-state index contributed by atoms with van der Waals surface area (Å²) >= 11 is 0. The van der Waals surface area contributed by atoms with E-state index in [1.54, 1.807) is 7.11 Å². The molecular formula is C21H30IN3O2. The zero-order chi connectivity index (χ0) is 18.9. The highest BCUT2D eigenvalue weighted by atomic mass is 127. The molecule has 0 heterocycles. The number of anilines is 1. The molecule has 0 aromatic heterocycles. The van der Waals surface area contributed by atoms with Crippen molar-refractivity contribution < 1.29 is 9.47 Å². The third-order valence-corrected chi connectivity index (χ3v) is 4.01. The van der Waals surface area contributed by atoms with Crippen LogP contribution < -0.4 is 15.8 Å². The molecule has 0 unspecified atom stereocenters. The summed E-state index contributed by atoms with van der Waals surface area (Å²) < 4.78 is 10.8. The van der Waals surface area contributed by atoms with Gasteiger partial charge in [-0.05, 0) is 42.2 Å². The van der Waals surface area contributed by atoms with Gasteiger partial charge in [0, 0.05) is 18.4 Å². The minimum Gasteiger partial charge on any atom is -0.491 e. The molecule has 0 atom stereocenters. The van der Waals surface area contributed by atoms with Crippen molar-refractivity contribution in [3.05, 3.63) is 59.2 Å². The van der Waals surface area contributed by atoms with E-state index in [2.05, 4.69) is 36.3 Å². The first-order chi connectivity index (χ1) is 12.5.